The predicted molar refractivity (Wildman–Crippen MR) is 43.3 cm³/mol. The van der Waals surface area contributed by atoms with Gasteiger partial charge < -0.3 is 0 Å². The first kappa shape index (κ1) is 9.57. The topological polar surface area (TPSA) is 0 Å². The summed E-state index contributed by atoms with van der Waals surface area (Å²) in [4.78, 5) is 0. The lowest BCUT2D eigenvalue weighted by atomic mass is 10.5. The number of hydrogen-bond acceptors (Lipinski definition) is 1. The average molecular weight is 171 g/mol. The summed E-state index contributed by atoms with van der Waals surface area (Å²) in [6.45, 7) is -0.187. The molecular formula is C6H12ClFS. The molecule has 0 unspecified atom stereocenters. The Bertz CT molecular complexity index is 46.3. The highest BCUT2D eigenvalue weighted by Gasteiger charge is 1.87. The van der Waals surface area contributed by atoms with E-state index in [0.717, 1.165) is 23.8 Å². The number of hydrogen-bond donors (Lipinski definition) is 0. The van der Waals surface area contributed by atoms with Gasteiger partial charge in [-0.05, 0) is 24.3 Å². The average Bonchev–Trinajstić information content (AvgIpc) is 1.89. The Kier molecular flexibility index (Phi) is 9.11. The fraction of sp³-hybridized carbons (Fsp3) is 1.00. The molecule has 0 N–H and O–H groups in total. The van der Waals surface area contributed by atoms with Gasteiger partial charge in [0.25, 0.3) is 0 Å². The zero-order valence-electron chi connectivity index (χ0n) is 5.41. The molecule has 0 atom stereocenters. The van der Waals surface area contributed by atoms with Crippen LogP contribution in [0.3, 0.4) is 0 Å². The highest BCUT2D eigenvalue weighted by atomic mass is 35.5. The van der Waals surface area contributed by atoms with Crippen molar-refractivity contribution in [2.45, 2.75) is 12.8 Å². The second-order valence-electron chi connectivity index (χ2n) is 1.70. The fourth-order valence-electron chi connectivity index (χ4n) is 0.415. The molecule has 0 saturated carbocycles. The van der Waals surface area contributed by atoms with Crippen LogP contribution in [0.25, 0.3) is 0 Å². The van der Waals surface area contributed by atoms with Gasteiger partial charge in [-0.25, -0.2) is 0 Å². The van der Waals surface area contributed by atoms with Gasteiger partial charge in [-0.2, -0.15) is 11.8 Å². The van der Waals surface area contributed by atoms with Crippen molar-refractivity contribution in [3.8, 4) is 0 Å². The standard InChI is InChI=1S/C6H12ClFS/c7-3-1-5-9-6-2-4-8/h1-6H2. The van der Waals surface area contributed by atoms with Crippen LogP contribution in [-0.4, -0.2) is 24.1 Å². The molecule has 0 amide bonds. The van der Waals surface area contributed by atoms with E-state index in [1.54, 1.807) is 11.8 Å². The maximum absolute atomic E-state index is 11.5. The van der Waals surface area contributed by atoms with Gasteiger partial charge in [0.15, 0.2) is 0 Å². The van der Waals surface area contributed by atoms with E-state index in [-0.39, 0.29) is 6.67 Å². The van der Waals surface area contributed by atoms with Gasteiger partial charge in [-0.1, -0.05) is 0 Å². The Morgan fingerprint density at radius 1 is 1.22 bits per heavy atom. The van der Waals surface area contributed by atoms with Crippen LogP contribution >= 0.6 is 23.4 Å². The number of alkyl halides is 2. The lowest BCUT2D eigenvalue weighted by molar-refractivity contribution is 0.489. The van der Waals surface area contributed by atoms with Crippen LogP contribution in [0, 0.1) is 0 Å². The van der Waals surface area contributed by atoms with Gasteiger partial charge in [0.05, 0.1) is 6.67 Å². The first-order valence-corrected chi connectivity index (χ1v) is 4.80. The van der Waals surface area contributed by atoms with Crippen molar-refractivity contribution in [2.24, 2.45) is 0 Å². The third-order valence-corrected chi connectivity index (χ3v) is 2.27. The van der Waals surface area contributed by atoms with E-state index in [1.165, 1.54) is 0 Å². The fourth-order valence-corrected chi connectivity index (χ4v) is 1.57. The predicted octanol–water partition coefficient (Wildman–Crippen LogP) is 2.71. The SMILES string of the molecule is FCCCSCCCCl. The van der Waals surface area contributed by atoms with Gasteiger partial charge >= 0.3 is 0 Å². The van der Waals surface area contributed by atoms with Crippen LogP contribution in [0.4, 0.5) is 4.39 Å². The van der Waals surface area contributed by atoms with Crippen molar-refractivity contribution in [1.29, 1.82) is 0 Å². The third-order valence-electron chi connectivity index (χ3n) is 0.845. The van der Waals surface area contributed by atoms with Crippen molar-refractivity contribution < 1.29 is 4.39 Å². The van der Waals surface area contributed by atoms with E-state index in [9.17, 15) is 4.39 Å². The van der Waals surface area contributed by atoms with Crippen LogP contribution in [0.15, 0.2) is 0 Å². The number of halogens is 2. The van der Waals surface area contributed by atoms with E-state index in [1.807, 2.05) is 0 Å². The second kappa shape index (κ2) is 8.57. The molecule has 0 aromatic rings. The van der Waals surface area contributed by atoms with Crippen LogP contribution in [0.1, 0.15) is 12.8 Å². The minimum Gasteiger partial charge on any atom is -0.251 e. The van der Waals surface area contributed by atoms with Gasteiger partial charge in [0, 0.05) is 5.88 Å². The number of rotatable bonds is 6. The van der Waals surface area contributed by atoms with Crippen LogP contribution < -0.4 is 0 Å². The molecule has 0 bridgehead atoms. The van der Waals surface area contributed by atoms with Crippen molar-refractivity contribution in [2.75, 3.05) is 24.1 Å². The lowest BCUT2D eigenvalue weighted by Gasteiger charge is -1.94. The minimum atomic E-state index is -0.187. The highest BCUT2D eigenvalue weighted by molar-refractivity contribution is 7.99. The first-order valence-electron chi connectivity index (χ1n) is 3.11. The van der Waals surface area contributed by atoms with Crippen LogP contribution in [0.5, 0.6) is 0 Å². The molecule has 0 aliphatic carbocycles. The minimum absolute atomic E-state index is 0.187. The monoisotopic (exact) mass is 170 g/mol. The molecule has 0 saturated heterocycles. The van der Waals surface area contributed by atoms with Crippen molar-refractivity contribution in [3.63, 3.8) is 0 Å². The molecule has 0 nitrogen and oxygen atoms in total. The van der Waals surface area contributed by atoms with E-state index in [0.29, 0.717) is 6.42 Å². The Morgan fingerprint density at radius 2 is 1.89 bits per heavy atom. The first-order chi connectivity index (χ1) is 4.41. The van der Waals surface area contributed by atoms with E-state index in [2.05, 4.69) is 0 Å². The molecule has 9 heavy (non-hydrogen) atoms. The molecule has 0 aliphatic heterocycles. The summed E-state index contributed by atoms with van der Waals surface area (Å²) in [5, 5.41) is 0. The van der Waals surface area contributed by atoms with Gasteiger partial charge in [-0.15, -0.1) is 11.6 Å². The summed E-state index contributed by atoms with van der Waals surface area (Å²) in [5.41, 5.74) is 0. The molecule has 0 spiro atoms. The van der Waals surface area contributed by atoms with Crippen molar-refractivity contribution in [1.82, 2.24) is 0 Å². The zero-order chi connectivity index (χ0) is 6.95. The Morgan fingerprint density at radius 3 is 2.44 bits per heavy atom. The van der Waals surface area contributed by atoms with Crippen molar-refractivity contribution in [3.05, 3.63) is 0 Å². The summed E-state index contributed by atoms with van der Waals surface area (Å²) in [5.74, 6) is 2.74. The molecule has 0 radical (unpaired) electrons. The summed E-state index contributed by atoms with van der Waals surface area (Å²) in [7, 11) is 0. The normalized spacial score (nSPS) is 10.0. The Balaban J connectivity index is 2.60. The molecular weight excluding hydrogens is 159 g/mol. The molecule has 0 aromatic heterocycles. The van der Waals surface area contributed by atoms with Crippen LogP contribution in [0.2, 0.25) is 0 Å². The Hall–Kier alpha value is 0.570. The largest absolute Gasteiger partial charge is 0.251 e. The highest BCUT2D eigenvalue weighted by Crippen LogP contribution is 2.04. The summed E-state index contributed by atoms with van der Waals surface area (Å²) in [6, 6.07) is 0. The quantitative estimate of drug-likeness (QED) is 0.437. The molecule has 0 aromatic carbocycles. The lowest BCUT2D eigenvalue weighted by Crippen LogP contribution is -1.85. The molecule has 0 rings (SSSR count). The maximum atomic E-state index is 11.5. The summed E-state index contributed by atoms with van der Waals surface area (Å²) >= 11 is 7.20. The smallest absolute Gasteiger partial charge is 0.0902 e. The molecule has 0 aliphatic rings. The third kappa shape index (κ3) is 8.57. The Labute approximate surface area is 65.2 Å². The van der Waals surface area contributed by atoms with Gasteiger partial charge in [-0.3, -0.25) is 4.39 Å². The van der Waals surface area contributed by atoms with Crippen LogP contribution in [-0.2, 0) is 0 Å². The molecule has 0 fully saturated rings. The van der Waals surface area contributed by atoms with Gasteiger partial charge in [0.2, 0.25) is 0 Å². The molecule has 3 heteroatoms. The van der Waals surface area contributed by atoms with E-state index >= 15 is 0 Å². The number of thioether (sulfide) groups is 1. The van der Waals surface area contributed by atoms with E-state index in [4.69, 9.17) is 11.6 Å². The zero-order valence-corrected chi connectivity index (χ0v) is 6.98. The summed E-state index contributed by atoms with van der Waals surface area (Å²) < 4.78 is 11.5. The maximum Gasteiger partial charge on any atom is 0.0902 e. The second-order valence-corrected chi connectivity index (χ2v) is 3.30. The molecule has 0 heterocycles. The van der Waals surface area contributed by atoms with E-state index < -0.39 is 0 Å². The summed E-state index contributed by atoms with van der Waals surface area (Å²) in [6.07, 6.45) is 1.73. The van der Waals surface area contributed by atoms with Crippen molar-refractivity contribution >= 4 is 23.4 Å². The van der Waals surface area contributed by atoms with Gasteiger partial charge in [0.1, 0.15) is 0 Å². The molecule has 56 valence electrons.